The number of benzene rings is 1. The Labute approximate surface area is 112 Å². The summed E-state index contributed by atoms with van der Waals surface area (Å²) in [5.74, 6) is -0.902. The molecule has 2 rings (SSSR count). The molecule has 1 N–H and O–H groups in total. The number of hydrogen-bond donors (Lipinski definition) is 1. The molecule has 0 radical (unpaired) electrons. The quantitative estimate of drug-likeness (QED) is 0.915. The van der Waals surface area contributed by atoms with Crippen LogP contribution in [0.2, 0.25) is 5.02 Å². The zero-order valence-electron chi connectivity index (χ0n) is 10.5. The summed E-state index contributed by atoms with van der Waals surface area (Å²) < 4.78 is 0. The fourth-order valence-corrected chi connectivity index (χ4v) is 2.66. The van der Waals surface area contributed by atoms with Crippen molar-refractivity contribution >= 4 is 17.6 Å². The number of rotatable bonds is 3. The van der Waals surface area contributed by atoms with Crippen LogP contribution in [0, 0.1) is 12.8 Å². The molecule has 98 valence electrons. The number of halogens is 1. The van der Waals surface area contributed by atoms with Gasteiger partial charge in [-0.05, 0) is 43.5 Å². The van der Waals surface area contributed by atoms with Gasteiger partial charge in [0.15, 0.2) is 0 Å². The highest BCUT2D eigenvalue weighted by Crippen LogP contribution is 2.23. The summed E-state index contributed by atoms with van der Waals surface area (Å²) in [5.41, 5.74) is 2.28. The molecular weight excluding hydrogens is 250 g/mol. The third-order valence-electron chi connectivity index (χ3n) is 3.63. The second kappa shape index (κ2) is 5.72. The first-order chi connectivity index (χ1) is 8.58. The Morgan fingerprint density at radius 2 is 2.33 bits per heavy atom. The molecule has 0 unspecified atom stereocenters. The van der Waals surface area contributed by atoms with Crippen LogP contribution in [0.5, 0.6) is 0 Å². The Morgan fingerprint density at radius 3 is 3.06 bits per heavy atom. The van der Waals surface area contributed by atoms with Crippen LogP contribution < -0.4 is 0 Å². The van der Waals surface area contributed by atoms with Gasteiger partial charge >= 0.3 is 5.97 Å². The lowest BCUT2D eigenvalue weighted by atomic mass is 9.97. The van der Waals surface area contributed by atoms with Crippen molar-refractivity contribution in [2.45, 2.75) is 26.3 Å². The molecule has 1 aromatic carbocycles. The molecule has 0 spiro atoms. The van der Waals surface area contributed by atoms with Crippen molar-refractivity contribution in [3.05, 3.63) is 34.3 Å². The SMILES string of the molecule is Cc1c(Cl)cccc1CN1CCC[C@@H](C(=O)O)C1. The standard InChI is InChI=1S/C14H18ClNO2/c1-10-11(4-2-6-13(10)15)8-16-7-3-5-12(9-16)14(17)18/h2,4,6,12H,3,5,7-9H2,1H3,(H,17,18)/t12-/m1/s1. The Morgan fingerprint density at radius 1 is 1.56 bits per heavy atom. The van der Waals surface area contributed by atoms with E-state index in [-0.39, 0.29) is 5.92 Å². The number of aliphatic carboxylic acids is 1. The van der Waals surface area contributed by atoms with Crippen LogP contribution in [0.15, 0.2) is 18.2 Å². The van der Waals surface area contributed by atoms with Crippen molar-refractivity contribution in [1.29, 1.82) is 0 Å². The molecule has 1 fully saturated rings. The van der Waals surface area contributed by atoms with Crippen molar-refractivity contribution in [2.75, 3.05) is 13.1 Å². The normalized spacial score (nSPS) is 20.9. The van der Waals surface area contributed by atoms with Crippen molar-refractivity contribution < 1.29 is 9.90 Å². The number of nitrogens with zero attached hydrogens (tertiary/aromatic N) is 1. The Balaban J connectivity index is 2.05. The van der Waals surface area contributed by atoms with Gasteiger partial charge in [0.05, 0.1) is 5.92 Å². The molecule has 0 aromatic heterocycles. The average Bonchev–Trinajstić information content (AvgIpc) is 2.35. The predicted molar refractivity (Wildman–Crippen MR) is 71.8 cm³/mol. The molecule has 1 aliphatic rings. The van der Waals surface area contributed by atoms with Crippen LogP contribution in [0.4, 0.5) is 0 Å². The summed E-state index contributed by atoms with van der Waals surface area (Å²) >= 11 is 6.10. The molecule has 1 saturated heterocycles. The van der Waals surface area contributed by atoms with Gasteiger partial charge in [-0.2, -0.15) is 0 Å². The van der Waals surface area contributed by atoms with Crippen LogP contribution in [0.3, 0.4) is 0 Å². The first-order valence-corrected chi connectivity index (χ1v) is 6.65. The van der Waals surface area contributed by atoms with Gasteiger partial charge in [0, 0.05) is 18.1 Å². The third-order valence-corrected chi connectivity index (χ3v) is 4.04. The fourth-order valence-electron chi connectivity index (χ4n) is 2.47. The largest absolute Gasteiger partial charge is 0.481 e. The van der Waals surface area contributed by atoms with Crippen LogP contribution in [-0.4, -0.2) is 29.1 Å². The summed E-state index contributed by atoms with van der Waals surface area (Å²) in [6, 6.07) is 5.89. The maximum atomic E-state index is 11.0. The average molecular weight is 268 g/mol. The molecule has 0 bridgehead atoms. The number of carboxylic acid groups (broad SMARTS) is 1. The van der Waals surface area contributed by atoms with Crippen LogP contribution in [0.1, 0.15) is 24.0 Å². The number of carbonyl (C=O) groups is 1. The van der Waals surface area contributed by atoms with E-state index < -0.39 is 5.97 Å². The van der Waals surface area contributed by atoms with Gasteiger partial charge in [-0.25, -0.2) is 0 Å². The first kappa shape index (κ1) is 13.4. The van der Waals surface area contributed by atoms with E-state index in [2.05, 4.69) is 11.0 Å². The van der Waals surface area contributed by atoms with Gasteiger partial charge in [0.2, 0.25) is 0 Å². The first-order valence-electron chi connectivity index (χ1n) is 6.27. The summed E-state index contributed by atoms with van der Waals surface area (Å²) in [6.07, 6.45) is 1.75. The van der Waals surface area contributed by atoms with E-state index in [1.165, 1.54) is 5.56 Å². The molecule has 0 saturated carbocycles. The lowest BCUT2D eigenvalue weighted by molar-refractivity contribution is -0.143. The predicted octanol–water partition coefficient (Wildman–Crippen LogP) is 2.95. The molecule has 1 aromatic rings. The second-order valence-corrected chi connectivity index (χ2v) is 5.34. The molecule has 1 aliphatic heterocycles. The smallest absolute Gasteiger partial charge is 0.307 e. The maximum Gasteiger partial charge on any atom is 0.307 e. The number of piperidine rings is 1. The third kappa shape index (κ3) is 3.03. The van der Waals surface area contributed by atoms with Crippen LogP contribution in [0.25, 0.3) is 0 Å². The highest BCUT2D eigenvalue weighted by Gasteiger charge is 2.25. The summed E-state index contributed by atoms with van der Waals surface area (Å²) in [6.45, 7) is 4.41. The molecule has 0 amide bonds. The molecule has 3 nitrogen and oxygen atoms in total. The zero-order chi connectivity index (χ0) is 13.1. The van der Waals surface area contributed by atoms with E-state index in [0.717, 1.165) is 36.5 Å². The highest BCUT2D eigenvalue weighted by molar-refractivity contribution is 6.31. The molecular formula is C14H18ClNO2. The van der Waals surface area contributed by atoms with E-state index in [1.807, 2.05) is 19.1 Å². The van der Waals surface area contributed by atoms with E-state index in [0.29, 0.717) is 6.54 Å². The Bertz CT molecular complexity index is 447. The van der Waals surface area contributed by atoms with Gasteiger partial charge in [-0.3, -0.25) is 9.69 Å². The molecule has 1 heterocycles. The summed E-state index contributed by atoms with van der Waals surface area (Å²) in [4.78, 5) is 13.2. The minimum atomic E-state index is -0.678. The van der Waals surface area contributed by atoms with E-state index >= 15 is 0 Å². The maximum absolute atomic E-state index is 11.0. The van der Waals surface area contributed by atoms with Crippen LogP contribution in [-0.2, 0) is 11.3 Å². The lowest BCUT2D eigenvalue weighted by Crippen LogP contribution is -2.38. The summed E-state index contributed by atoms with van der Waals surface area (Å²) in [7, 11) is 0. The van der Waals surface area contributed by atoms with Gasteiger partial charge in [-0.1, -0.05) is 23.7 Å². The zero-order valence-corrected chi connectivity index (χ0v) is 11.3. The number of carboxylic acids is 1. The van der Waals surface area contributed by atoms with Crippen molar-refractivity contribution in [1.82, 2.24) is 4.90 Å². The fraction of sp³-hybridized carbons (Fsp3) is 0.500. The van der Waals surface area contributed by atoms with E-state index in [9.17, 15) is 4.79 Å². The van der Waals surface area contributed by atoms with Crippen molar-refractivity contribution in [2.24, 2.45) is 5.92 Å². The molecule has 4 heteroatoms. The van der Waals surface area contributed by atoms with E-state index in [1.54, 1.807) is 0 Å². The summed E-state index contributed by atoms with van der Waals surface area (Å²) in [5, 5.41) is 9.85. The Kier molecular flexibility index (Phi) is 4.25. The van der Waals surface area contributed by atoms with Crippen molar-refractivity contribution in [3.8, 4) is 0 Å². The second-order valence-electron chi connectivity index (χ2n) is 4.94. The number of likely N-dealkylation sites (tertiary alicyclic amines) is 1. The van der Waals surface area contributed by atoms with Gasteiger partial charge in [-0.15, -0.1) is 0 Å². The monoisotopic (exact) mass is 267 g/mol. The van der Waals surface area contributed by atoms with Gasteiger partial charge < -0.3 is 5.11 Å². The molecule has 18 heavy (non-hydrogen) atoms. The lowest BCUT2D eigenvalue weighted by Gasteiger charge is -2.31. The van der Waals surface area contributed by atoms with Gasteiger partial charge in [0.25, 0.3) is 0 Å². The molecule has 1 atom stereocenters. The Hall–Kier alpha value is -1.06. The topological polar surface area (TPSA) is 40.5 Å². The molecule has 0 aliphatic carbocycles. The van der Waals surface area contributed by atoms with E-state index in [4.69, 9.17) is 16.7 Å². The van der Waals surface area contributed by atoms with Crippen LogP contribution >= 0.6 is 11.6 Å². The minimum Gasteiger partial charge on any atom is -0.481 e. The number of hydrogen-bond acceptors (Lipinski definition) is 2. The highest BCUT2D eigenvalue weighted by atomic mass is 35.5. The van der Waals surface area contributed by atoms with Crippen molar-refractivity contribution in [3.63, 3.8) is 0 Å². The minimum absolute atomic E-state index is 0.224. The van der Waals surface area contributed by atoms with Gasteiger partial charge in [0.1, 0.15) is 0 Å².